The van der Waals surface area contributed by atoms with E-state index in [0.717, 1.165) is 0 Å². The summed E-state index contributed by atoms with van der Waals surface area (Å²) in [5.74, 6) is -0.00810. The number of piperazine rings is 1. The quantitative estimate of drug-likeness (QED) is 0.638. The van der Waals surface area contributed by atoms with E-state index in [1.165, 1.54) is 0 Å². The number of hydrogen-bond donors (Lipinski definition) is 1. The zero-order valence-corrected chi connectivity index (χ0v) is 8.91. The highest BCUT2D eigenvalue weighted by Gasteiger charge is 2.46. The van der Waals surface area contributed by atoms with Crippen LogP contribution in [0.15, 0.2) is 0 Å². The van der Waals surface area contributed by atoms with Gasteiger partial charge in [0, 0.05) is 32.6 Å². The Morgan fingerprint density at radius 1 is 1.40 bits per heavy atom. The summed E-state index contributed by atoms with van der Waals surface area (Å²) in [6.45, 7) is 3.77. The van der Waals surface area contributed by atoms with E-state index in [1.807, 2.05) is 6.92 Å². The highest BCUT2D eigenvalue weighted by Crippen LogP contribution is 2.25. The van der Waals surface area contributed by atoms with Crippen LogP contribution in [-0.2, 0) is 14.3 Å². The lowest BCUT2D eigenvalue weighted by molar-refractivity contribution is -0.154. The molecule has 2 aliphatic heterocycles. The Morgan fingerprint density at radius 2 is 2.07 bits per heavy atom. The third-order valence-electron chi connectivity index (χ3n) is 3.14. The predicted octanol–water partition coefficient (Wildman–Crippen LogP) is -0.486. The molecule has 0 bridgehead atoms. The summed E-state index contributed by atoms with van der Waals surface area (Å²) >= 11 is 0. The number of amides is 2. The molecule has 2 fully saturated rings. The summed E-state index contributed by atoms with van der Waals surface area (Å²) in [7, 11) is 0. The Balaban J connectivity index is 2.21. The second-order valence-corrected chi connectivity index (χ2v) is 4.06. The van der Waals surface area contributed by atoms with E-state index < -0.39 is 5.54 Å². The maximum atomic E-state index is 12.1. The largest absolute Gasteiger partial charge is 0.381 e. The van der Waals surface area contributed by atoms with E-state index in [-0.39, 0.29) is 18.4 Å². The fourth-order valence-corrected chi connectivity index (χ4v) is 2.22. The fourth-order valence-electron chi connectivity index (χ4n) is 2.22. The van der Waals surface area contributed by atoms with Gasteiger partial charge in [-0.05, 0) is 6.92 Å². The molecule has 5 heteroatoms. The van der Waals surface area contributed by atoms with Crippen molar-refractivity contribution in [2.75, 3.05) is 26.3 Å². The van der Waals surface area contributed by atoms with Gasteiger partial charge in [-0.15, -0.1) is 0 Å². The molecule has 2 heterocycles. The molecule has 2 saturated heterocycles. The molecule has 0 aromatic rings. The van der Waals surface area contributed by atoms with Gasteiger partial charge in [0.25, 0.3) is 0 Å². The lowest BCUT2D eigenvalue weighted by atomic mass is 9.86. The number of rotatable bonds is 1. The van der Waals surface area contributed by atoms with Gasteiger partial charge in [0.2, 0.25) is 11.8 Å². The number of ether oxygens (including phenoxy) is 1. The topological polar surface area (TPSA) is 58.6 Å². The second-order valence-electron chi connectivity index (χ2n) is 4.06. The van der Waals surface area contributed by atoms with Crippen LogP contribution in [-0.4, -0.2) is 48.6 Å². The third kappa shape index (κ3) is 1.71. The van der Waals surface area contributed by atoms with Gasteiger partial charge in [-0.25, -0.2) is 0 Å². The molecule has 1 spiro atoms. The Hall–Kier alpha value is -1.10. The smallest absolute Gasteiger partial charge is 0.248 e. The molecule has 0 aromatic heterocycles. The van der Waals surface area contributed by atoms with Crippen molar-refractivity contribution in [2.45, 2.75) is 25.3 Å². The average molecular weight is 212 g/mol. The first kappa shape index (κ1) is 10.4. The molecule has 2 rings (SSSR count). The van der Waals surface area contributed by atoms with E-state index in [1.54, 1.807) is 4.90 Å². The molecule has 84 valence electrons. The molecule has 0 saturated carbocycles. The van der Waals surface area contributed by atoms with Crippen LogP contribution in [0.2, 0.25) is 0 Å². The summed E-state index contributed by atoms with van der Waals surface area (Å²) < 4.78 is 5.23. The summed E-state index contributed by atoms with van der Waals surface area (Å²) in [4.78, 5) is 25.3. The number of hydrogen-bond acceptors (Lipinski definition) is 3. The number of nitrogens with one attached hydrogen (secondary N) is 1. The Morgan fingerprint density at radius 3 is 2.67 bits per heavy atom. The van der Waals surface area contributed by atoms with Crippen molar-refractivity contribution in [1.82, 2.24) is 10.2 Å². The van der Waals surface area contributed by atoms with Crippen molar-refractivity contribution in [3.63, 3.8) is 0 Å². The zero-order valence-electron chi connectivity index (χ0n) is 8.91. The Labute approximate surface area is 88.8 Å². The molecule has 0 unspecified atom stereocenters. The Bertz CT molecular complexity index is 284. The van der Waals surface area contributed by atoms with Crippen LogP contribution in [0.25, 0.3) is 0 Å². The fraction of sp³-hybridized carbons (Fsp3) is 0.800. The van der Waals surface area contributed by atoms with Gasteiger partial charge < -0.3 is 15.0 Å². The molecule has 0 aliphatic carbocycles. The summed E-state index contributed by atoms with van der Waals surface area (Å²) in [6.07, 6.45) is 1.18. The van der Waals surface area contributed by atoms with E-state index in [9.17, 15) is 9.59 Å². The first-order chi connectivity index (χ1) is 7.18. The van der Waals surface area contributed by atoms with E-state index in [4.69, 9.17) is 4.74 Å². The first-order valence-corrected chi connectivity index (χ1v) is 5.36. The summed E-state index contributed by atoms with van der Waals surface area (Å²) in [5.41, 5.74) is -0.677. The number of likely N-dealkylation sites (N-methyl/N-ethyl adjacent to an activating group) is 1. The van der Waals surface area contributed by atoms with Gasteiger partial charge >= 0.3 is 0 Å². The van der Waals surface area contributed by atoms with Crippen molar-refractivity contribution in [3.8, 4) is 0 Å². The zero-order chi connectivity index (χ0) is 10.9. The minimum atomic E-state index is -0.677. The normalized spacial score (nSPS) is 25.5. The highest BCUT2D eigenvalue weighted by molar-refractivity contribution is 5.98. The van der Waals surface area contributed by atoms with E-state index >= 15 is 0 Å². The van der Waals surface area contributed by atoms with Crippen molar-refractivity contribution in [3.05, 3.63) is 0 Å². The minimum absolute atomic E-state index is 0.0490. The standard InChI is InChI=1S/C10H16N2O3/c1-2-12-7-8(13)11-10(9(12)14)3-5-15-6-4-10/h2-7H2,1H3,(H,11,13). The number of carbonyl (C=O) groups excluding carboxylic acids is 2. The molecule has 0 atom stereocenters. The molecule has 2 aliphatic rings. The SMILES string of the molecule is CCN1CC(=O)NC2(CCOCC2)C1=O. The van der Waals surface area contributed by atoms with Crippen molar-refractivity contribution >= 4 is 11.8 Å². The van der Waals surface area contributed by atoms with E-state index in [2.05, 4.69) is 5.32 Å². The van der Waals surface area contributed by atoms with Crippen molar-refractivity contribution in [2.24, 2.45) is 0 Å². The highest BCUT2D eigenvalue weighted by atomic mass is 16.5. The molecular weight excluding hydrogens is 196 g/mol. The van der Waals surface area contributed by atoms with Crippen LogP contribution in [0.3, 0.4) is 0 Å². The van der Waals surface area contributed by atoms with Gasteiger partial charge in [-0.2, -0.15) is 0 Å². The van der Waals surface area contributed by atoms with Crippen LogP contribution in [0.1, 0.15) is 19.8 Å². The molecule has 2 amide bonds. The summed E-state index contributed by atoms with van der Waals surface area (Å²) in [5, 5.41) is 2.84. The van der Waals surface area contributed by atoms with Crippen molar-refractivity contribution in [1.29, 1.82) is 0 Å². The molecule has 0 aromatic carbocycles. The first-order valence-electron chi connectivity index (χ1n) is 5.36. The van der Waals surface area contributed by atoms with Gasteiger partial charge in [-0.1, -0.05) is 0 Å². The molecule has 1 N–H and O–H groups in total. The van der Waals surface area contributed by atoms with Crippen LogP contribution in [0.4, 0.5) is 0 Å². The minimum Gasteiger partial charge on any atom is -0.381 e. The van der Waals surface area contributed by atoms with Crippen LogP contribution >= 0.6 is 0 Å². The van der Waals surface area contributed by atoms with Gasteiger partial charge in [0.05, 0.1) is 6.54 Å². The maximum absolute atomic E-state index is 12.1. The second kappa shape index (κ2) is 3.81. The van der Waals surface area contributed by atoms with Crippen LogP contribution in [0, 0.1) is 0 Å². The summed E-state index contributed by atoms with van der Waals surface area (Å²) in [6, 6.07) is 0. The van der Waals surface area contributed by atoms with Crippen molar-refractivity contribution < 1.29 is 14.3 Å². The monoisotopic (exact) mass is 212 g/mol. The van der Waals surface area contributed by atoms with Crippen LogP contribution < -0.4 is 5.32 Å². The molecular formula is C10H16N2O3. The van der Waals surface area contributed by atoms with Crippen LogP contribution in [0.5, 0.6) is 0 Å². The lowest BCUT2D eigenvalue weighted by Gasteiger charge is -2.43. The number of nitrogens with zero attached hydrogens (tertiary/aromatic N) is 1. The predicted molar refractivity (Wildman–Crippen MR) is 53.2 cm³/mol. The lowest BCUT2D eigenvalue weighted by Crippen LogP contribution is -2.68. The van der Waals surface area contributed by atoms with E-state index in [0.29, 0.717) is 32.6 Å². The molecule has 0 radical (unpaired) electrons. The molecule has 15 heavy (non-hydrogen) atoms. The van der Waals surface area contributed by atoms with Gasteiger partial charge in [-0.3, -0.25) is 9.59 Å². The average Bonchev–Trinajstić information content (AvgIpc) is 2.25. The third-order valence-corrected chi connectivity index (χ3v) is 3.14. The van der Waals surface area contributed by atoms with Gasteiger partial charge in [0.1, 0.15) is 5.54 Å². The van der Waals surface area contributed by atoms with Gasteiger partial charge in [0.15, 0.2) is 0 Å². The molecule has 5 nitrogen and oxygen atoms in total. The maximum Gasteiger partial charge on any atom is 0.248 e. The Kier molecular flexibility index (Phi) is 2.65. The number of carbonyl (C=O) groups is 2.